The molecule has 1 aromatic rings. The second-order valence-corrected chi connectivity index (χ2v) is 5.70. The van der Waals surface area contributed by atoms with Gasteiger partial charge >= 0.3 is 12.2 Å². The molecule has 0 radical (unpaired) electrons. The first kappa shape index (κ1) is 17.3. The molecule has 0 spiro atoms. The fourth-order valence-electron chi connectivity index (χ4n) is 1.83. The molecule has 3 N–H and O–H groups in total. The monoisotopic (exact) mass is 303 g/mol. The topological polar surface area (TPSA) is 58.4 Å². The molecule has 0 atom stereocenters. The fourth-order valence-corrected chi connectivity index (χ4v) is 1.83. The minimum Gasteiger partial charge on any atom is -0.330 e. The molecule has 0 fully saturated rings. The van der Waals surface area contributed by atoms with Crippen LogP contribution in [0.15, 0.2) is 24.3 Å². The van der Waals surface area contributed by atoms with Gasteiger partial charge in [0.05, 0.1) is 11.3 Å². The molecule has 118 valence electrons. The number of para-hydroxylation sites is 1. The minimum absolute atomic E-state index is 0.257. The molecule has 21 heavy (non-hydrogen) atoms. The number of carbonyl (C=O) groups is 1. The van der Waals surface area contributed by atoms with E-state index in [4.69, 9.17) is 5.73 Å². The summed E-state index contributed by atoms with van der Waals surface area (Å²) in [5.74, 6) is 0. The van der Waals surface area contributed by atoms with E-state index in [0.29, 0.717) is 13.1 Å². The smallest absolute Gasteiger partial charge is 0.330 e. The predicted molar refractivity (Wildman–Crippen MR) is 75.9 cm³/mol. The highest BCUT2D eigenvalue weighted by Crippen LogP contribution is 2.34. The van der Waals surface area contributed by atoms with E-state index < -0.39 is 17.8 Å². The van der Waals surface area contributed by atoms with Crippen molar-refractivity contribution < 1.29 is 18.0 Å². The number of urea groups is 1. The normalized spacial score (nSPS) is 12.1. The van der Waals surface area contributed by atoms with Crippen molar-refractivity contribution in [2.75, 3.05) is 25.5 Å². The predicted octanol–water partition coefficient (Wildman–Crippen LogP) is 3.15. The molecular formula is C14H20F3N3O. The number of benzene rings is 1. The van der Waals surface area contributed by atoms with Crippen LogP contribution in [0.5, 0.6) is 0 Å². The van der Waals surface area contributed by atoms with E-state index in [1.54, 1.807) is 0 Å². The molecule has 0 aliphatic rings. The van der Waals surface area contributed by atoms with Crippen LogP contribution in [-0.2, 0) is 6.18 Å². The van der Waals surface area contributed by atoms with Gasteiger partial charge in [-0.25, -0.2) is 4.79 Å². The molecule has 0 aliphatic heterocycles. The first-order valence-electron chi connectivity index (χ1n) is 6.45. The number of rotatable bonds is 4. The van der Waals surface area contributed by atoms with Gasteiger partial charge in [0.25, 0.3) is 0 Å². The van der Waals surface area contributed by atoms with Gasteiger partial charge in [-0.3, -0.25) is 0 Å². The van der Waals surface area contributed by atoms with Gasteiger partial charge in [-0.05, 0) is 24.1 Å². The lowest BCUT2D eigenvalue weighted by Gasteiger charge is -2.29. The Bertz CT molecular complexity index is 500. The number of carbonyl (C=O) groups excluding carboxylic acids is 1. The number of nitrogens with zero attached hydrogens (tertiary/aromatic N) is 1. The molecule has 0 aliphatic carbocycles. The van der Waals surface area contributed by atoms with E-state index >= 15 is 0 Å². The Balaban J connectivity index is 2.85. The van der Waals surface area contributed by atoms with Gasteiger partial charge in [-0.1, -0.05) is 26.0 Å². The fraction of sp³-hybridized carbons (Fsp3) is 0.500. The molecule has 2 amide bonds. The Labute approximate surface area is 122 Å². The van der Waals surface area contributed by atoms with Crippen LogP contribution in [0.25, 0.3) is 0 Å². The third-order valence-corrected chi connectivity index (χ3v) is 3.04. The van der Waals surface area contributed by atoms with Crippen LogP contribution in [0, 0.1) is 5.41 Å². The number of nitrogens with two attached hydrogens (primary N) is 1. The van der Waals surface area contributed by atoms with Crippen molar-refractivity contribution in [2.24, 2.45) is 11.1 Å². The van der Waals surface area contributed by atoms with Crippen LogP contribution in [0.1, 0.15) is 19.4 Å². The van der Waals surface area contributed by atoms with Crippen LogP contribution in [0.2, 0.25) is 0 Å². The average molecular weight is 303 g/mol. The van der Waals surface area contributed by atoms with E-state index in [-0.39, 0.29) is 11.1 Å². The highest BCUT2D eigenvalue weighted by Gasteiger charge is 2.34. The van der Waals surface area contributed by atoms with Gasteiger partial charge in [-0.15, -0.1) is 0 Å². The summed E-state index contributed by atoms with van der Waals surface area (Å²) >= 11 is 0. The molecular weight excluding hydrogens is 283 g/mol. The van der Waals surface area contributed by atoms with Gasteiger partial charge in [0.15, 0.2) is 0 Å². The minimum atomic E-state index is -4.51. The Morgan fingerprint density at radius 3 is 2.38 bits per heavy atom. The summed E-state index contributed by atoms with van der Waals surface area (Å²) in [6.45, 7) is 4.45. The molecule has 0 heterocycles. The summed E-state index contributed by atoms with van der Waals surface area (Å²) in [5.41, 5.74) is 4.14. The summed E-state index contributed by atoms with van der Waals surface area (Å²) in [5, 5.41) is 2.29. The SMILES string of the molecule is CN(CC(C)(C)CN)C(=O)Nc1ccccc1C(F)(F)F. The maximum absolute atomic E-state index is 12.8. The molecule has 4 nitrogen and oxygen atoms in total. The Kier molecular flexibility index (Phi) is 5.22. The summed E-state index contributed by atoms with van der Waals surface area (Å²) in [6, 6.07) is 4.27. The number of anilines is 1. The maximum Gasteiger partial charge on any atom is 0.418 e. The number of hydrogen-bond acceptors (Lipinski definition) is 2. The largest absolute Gasteiger partial charge is 0.418 e. The average Bonchev–Trinajstić information content (AvgIpc) is 2.37. The lowest BCUT2D eigenvalue weighted by molar-refractivity contribution is -0.136. The number of nitrogens with one attached hydrogen (secondary N) is 1. The van der Waals surface area contributed by atoms with Crippen molar-refractivity contribution in [1.82, 2.24) is 4.90 Å². The molecule has 0 bridgehead atoms. The van der Waals surface area contributed by atoms with Gasteiger partial charge in [0.1, 0.15) is 0 Å². The summed E-state index contributed by atoms with van der Waals surface area (Å²) in [4.78, 5) is 13.3. The van der Waals surface area contributed by atoms with Crippen molar-refractivity contribution in [3.05, 3.63) is 29.8 Å². The van der Waals surface area contributed by atoms with Crippen molar-refractivity contribution in [3.8, 4) is 0 Å². The molecule has 0 saturated carbocycles. The quantitative estimate of drug-likeness (QED) is 0.897. The lowest BCUT2D eigenvalue weighted by atomic mass is 9.93. The Morgan fingerprint density at radius 1 is 1.29 bits per heavy atom. The van der Waals surface area contributed by atoms with Gasteiger partial charge < -0.3 is 16.0 Å². The molecule has 1 rings (SSSR count). The molecule has 0 saturated heterocycles. The van der Waals surface area contributed by atoms with Gasteiger partial charge in [0.2, 0.25) is 0 Å². The molecule has 1 aromatic carbocycles. The summed E-state index contributed by atoms with van der Waals surface area (Å²) in [6.07, 6.45) is -4.51. The van der Waals surface area contributed by atoms with E-state index in [1.165, 1.54) is 30.1 Å². The first-order chi connectivity index (χ1) is 9.57. The van der Waals surface area contributed by atoms with E-state index in [0.717, 1.165) is 6.07 Å². The van der Waals surface area contributed by atoms with Crippen LogP contribution in [0.3, 0.4) is 0 Å². The molecule has 7 heteroatoms. The standard InChI is InChI=1S/C14H20F3N3O/c1-13(2,8-18)9-20(3)12(21)19-11-7-5-4-6-10(11)14(15,16)17/h4-7H,8-9,18H2,1-3H3,(H,19,21). The van der Waals surface area contributed by atoms with Crippen molar-refractivity contribution in [2.45, 2.75) is 20.0 Å². The zero-order valence-electron chi connectivity index (χ0n) is 12.3. The van der Waals surface area contributed by atoms with Crippen LogP contribution >= 0.6 is 0 Å². The second kappa shape index (κ2) is 6.34. The first-order valence-corrected chi connectivity index (χ1v) is 6.45. The molecule has 0 aromatic heterocycles. The summed E-state index contributed by atoms with van der Waals surface area (Å²) in [7, 11) is 1.52. The third-order valence-electron chi connectivity index (χ3n) is 3.04. The van der Waals surface area contributed by atoms with Crippen LogP contribution in [0.4, 0.5) is 23.7 Å². The van der Waals surface area contributed by atoms with Crippen molar-refractivity contribution >= 4 is 11.7 Å². The van der Waals surface area contributed by atoms with Gasteiger partial charge in [-0.2, -0.15) is 13.2 Å². The van der Waals surface area contributed by atoms with Crippen molar-refractivity contribution in [1.29, 1.82) is 0 Å². The molecule has 0 unspecified atom stereocenters. The maximum atomic E-state index is 12.8. The van der Waals surface area contributed by atoms with E-state index in [9.17, 15) is 18.0 Å². The third kappa shape index (κ3) is 4.93. The number of alkyl halides is 3. The summed E-state index contributed by atoms with van der Waals surface area (Å²) < 4.78 is 38.5. The van der Waals surface area contributed by atoms with E-state index in [1.807, 2.05) is 13.8 Å². The number of amides is 2. The lowest BCUT2D eigenvalue weighted by Crippen LogP contribution is -2.41. The zero-order chi connectivity index (χ0) is 16.3. The highest BCUT2D eigenvalue weighted by molar-refractivity contribution is 5.90. The zero-order valence-corrected chi connectivity index (χ0v) is 12.3. The second-order valence-electron chi connectivity index (χ2n) is 5.70. The Morgan fingerprint density at radius 2 is 1.86 bits per heavy atom. The van der Waals surface area contributed by atoms with E-state index in [2.05, 4.69) is 5.32 Å². The Hall–Kier alpha value is -1.76. The number of hydrogen-bond donors (Lipinski definition) is 2. The van der Waals surface area contributed by atoms with Crippen LogP contribution in [-0.4, -0.2) is 31.1 Å². The van der Waals surface area contributed by atoms with Crippen LogP contribution < -0.4 is 11.1 Å². The van der Waals surface area contributed by atoms with Crippen molar-refractivity contribution in [3.63, 3.8) is 0 Å². The van der Waals surface area contributed by atoms with Gasteiger partial charge in [0, 0.05) is 13.6 Å². The number of halogens is 3. The highest BCUT2D eigenvalue weighted by atomic mass is 19.4.